The van der Waals surface area contributed by atoms with Crippen LogP contribution >= 0.6 is 0 Å². The summed E-state index contributed by atoms with van der Waals surface area (Å²) in [4.78, 5) is 3.73. The Bertz CT molecular complexity index is 294. The first kappa shape index (κ1) is 4.43. The van der Waals surface area contributed by atoms with Crippen LogP contribution < -0.4 is 5.73 Å². The number of rotatable bonds is 0. The van der Waals surface area contributed by atoms with Crippen LogP contribution in [0, 0.1) is 0 Å². The minimum atomic E-state index is 0.330. The molecule has 0 radical (unpaired) electrons. The van der Waals surface area contributed by atoms with Gasteiger partial charge in [-0.3, -0.25) is 0 Å². The minimum Gasteiger partial charge on any atom is -0.440 e. The van der Waals surface area contributed by atoms with E-state index in [0.717, 1.165) is 0 Å². The highest BCUT2D eigenvalue weighted by molar-refractivity contribution is 5.69. The SMILES string of the molecule is Nc1cc2ocnc2o1. The molecule has 0 fully saturated rings. The molecule has 0 atom stereocenters. The third kappa shape index (κ3) is 0.495. The summed E-state index contributed by atoms with van der Waals surface area (Å²) in [6.45, 7) is 0. The molecular weight excluding hydrogens is 120 g/mol. The molecule has 2 aromatic heterocycles. The van der Waals surface area contributed by atoms with E-state index in [1.807, 2.05) is 0 Å². The quantitative estimate of drug-likeness (QED) is 0.569. The molecule has 0 spiro atoms. The summed E-state index contributed by atoms with van der Waals surface area (Å²) in [6.07, 6.45) is 1.31. The van der Waals surface area contributed by atoms with Gasteiger partial charge in [-0.1, -0.05) is 0 Å². The number of nitrogens with zero attached hydrogens (tertiary/aromatic N) is 1. The molecule has 4 nitrogen and oxygen atoms in total. The Labute approximate surface area is 50.3 Å². The molecule has 0 saturated heterocycles. The Hall–Kier alpha value is -1.45. The molecule has 2 aromatic rings. The topological polar surface area (TPSA) is 65.2 Å². The second-order valence-electron chi connectivity index (χ2n) is 1.67. The maximum atomic E-state index is 5.27. The smallest absolute Gasteiger partial charge is 0.267 e. The molecule has 0 saturated carbocycles. The Balaban J connectivity index is 2.92. The van der Waals surface area contributed by atoms with Gasteiger partial charge in [0.25, 0.3) is 5.71 Å². The number of nitrogens with two attached hydrogens (primary N) is 1. The van der Waals surface area contributed by atoms with Gasteiger partial charge in [-0.05, 0) is 0 Å². The summed E-state index contributed by atoms with van der Waals surface area (Å²) in [5.74, 6) is 0.330. The largest absolute Gasteiger partial charge is 0.440 e. The van der Waals surface area contributed by atoms with Crippen molar-refractivity contribution >= 4 is 17.2 Å². The minimum absolute atomic E-state index is 0.330. The van der Waals surface area contributed by atoms with Crippen LogP contribution in [0.25, 0.3) is 11.3 Å². The number of anilines is 1. The van der Waals surface area contributed by atoms with E-state index < -0.39 is 0 Å². The van der Waals surface area contributed by atoms with Crippen molar-refractivity contribution in [2.75, 3.05) is 5.73 Å². The van der Waals surface area contributed by atoms with Crippen LogP contribution in [0.5, 0.6) is 0 Å². The lowest BCUT2D eigenvalue weighted by atomic mass is 10.6. The fourth-order valence-electron chi connectivity index (χ4n) is 0.688. The Morgan fingerprint density at radius 3 is 3.22 bits per heavy atom. The molecule has 46 valence electrons. The molecule has 0 unspecified atom stereocenters. The van der Waals surface area contributed by atoms with E-state index >= 15 is 0 Å². The molecule has 2 heterocycles. The Morgan fingerprint density at radius 1 is 1.56 bits per heavy atom. The van der Waals surface area contributed by atoms with Gasteiger partial charge in [0.05, 0.1) is 0 Å². The maximum Gasteiger partial charge on any atom is 0.267 e. The predicted molar refractivity (Wildman–Crippen MR) is 30.7 cm³/mol. The van der Waals surface area contributed by atoms with Crippen molar-refractivity contribution in [3.8, 4) is 0 Å². The van der Waals surface area contributed by atoms with Crippen molar-refractivity contribution in [1.82, 2.24) is 4.98 Å². The van der Waals surface area contributed by atoms with Crippen LogP contribution in [0.4, 0.5) is 5.88 Å². The fourth-order valence-corrected chi connectivity index (χ4v) is 0.688. The van der Waals surface area contributed by atoms with Crippen molar-refractivity contribution in [2.45, 2.75) is 0 Å². The van der Waals surface area contributed by atoms with Gasteiger partial charge < -0.3 is 14.6 Å². The monoisotopic (exact) mass is 124 g/mol. The first-order valence-electron chi connectivity index (χ1n) is 2.45. The molecule has 0 bridgehead atoms. The van der Waals surface area contributed by atoms with Gasteiger partial charge in [-0.25, -0.2) is 0 Å². The second kappa shape index (κ2) is 1.28. The second-order valence-corrected chi connectivity index (χ2v) is 1.67. The van der Waals surface area contributed by atoms with Crippen LogP contribution in [0.2, 0.25) is 0 Å². The summed E-state index contributed by atoms with van der Waals surface area (Å²) in [7, 11) is 0. The maximum absolute atomic E-state index is 5.27. The zero-order valence-electron chi connectivity index (χ0n) is 4.50. The summed E-state index contributed by atoms with van der Waals surface area (Å²) in [6, 6.07) is 1.59. The average molecular weight is 124 g/mol. The zero-order valence-corrected chi connectivity index (χ0v) is 4.50. The van der Waals surface area contributed by atoms with Crippen LogP contribution in [0.1, 0.15) is 0 Å². The summed E-state index contributed by atoms with van der Waals surface area (Å²) in [5, 5.41) is 0. The molecule has 2 rings (SSSR count). The Kier molecular flexibility index (Phi) is 0.631. The molecule has 0 amide bonds. The van der Waals surface area contributed by atoms with Crippen molar-refractivity contribution < 1.29 is 8.83 Å². The fraction of sp³-hybridized carbons (Fsp3) is 0. The molecule has 0 aliphatic heterocycles. The molecule has 2 N–H and O–H groups in total. The van der Waals surface area contributed by atoms with Crippen molar-refractivity contribution in [2.24, 2.45) is 0 Å². The average Bonchev–Trinajstić information content (AvgIpc) is 2.22. The molecular formula is C5H4N2O2. The number of nitrogen functional groups attached to an aromatic ring is 1. The van der Waals surface area contributed by atoms with E-state index in [2.05, 4.69) is 4.98 Å². The lowest BCUT2D eigenvalue weighted by Gasteiger charge is -1.73. The summed E-state index contributed by atoms with van der Waals surface area (Å²) < 4.78 is 9.73. The van der Waals surface area contributed by atoms with Crippen molar-refractivity contribution in [1.29, 1.82) is 0 Å². The standard InChI is InChI=1S/C5H4N2O2/c6-4-1-3-5(9-4)7-2-8-3/h1-2H,6H2. The molecule has 0 aliphatic rings. The third-order valence-corrected chi connectivity index (χ3v) is 1.05. The number of aromatic nitrogens is 1. The van der Waals surface area contributed by atoms with Crippen LogP contribution in [0.3, 0.4) is 0 Å². The van der Waals surface area contributed by atoms with Gasteiger partial charge in [-0.2, -0.15) is 4.98 Å². The van der Waals surface area contributed by atoms with E-state index in [9.17, 15) is 0 Å². The molecule has 9 heavy (non-hydrogen) atoms. The van der Waals surface area contributed by atoms with Crippen LogP contribution in [-0.2, 0) is 0 Å². The highest BCUT2D eigenvalue weighted by atomic mass is 16.4. The van der Waals surface area contributed by atoms with E-state index in [1.54, 1.807) is 6.07 Å². The van der Waals surface area contributed by atoms with Gasteiger partial charge >= 0.3 is 0 Å². The zero-order chi connectivity index (χ0) is 6.27. The number of furan rings is 1. The van der Waals surface area contributed by atoms with E-state index in [0.29, 0.717) is 17.2 Å². The van der Waals surface area contributed by atoms with Gasteiger partial charge in [0.1, 0.15) is 0 Å². The predicted octanol–water partition coefficient (Wildman–Crippen LogP) is 1.00. The van der Waals surface area contributed by atoms with Gasteiger partial charge in [0, 0.05) is 6.07 Å². The first-order chi connectivity index (χ1) is 4.36. The van der Waals surface area contributed by atoms with E-state index in [-0.39, 0.29) is 0 Å². The van der Waals surface area contributed by atoms with Crippen molar-refractivity contribution in [3.05, 3.63) is 12.5 Å². The molecule has 0 aromatic carbocycles. The summed E-state index contributed by atoms with van der Waals surface area (Å²) in [5.41, 5.74) is 6.31. The molecule has 4 heteroatoms. The van der Waals surface area contributed by atoms with Gasteiger partial charge in [0.15, 0.2) is 17.9 Å². The summed E-state index contributed by atoms with van der Waals surface area (Å²) >= 11 is 0. The lowest BCUT2D eigenvalue weighted by molar-refractivity contribution is 0.602. The number of oxazole rings is 1. The normalized spacial score (nSPS) is 10.7. The van der Waals surface area contributed by atoms with Gasteiger partial charge in [0.2, 0.25) is 0 Å². The van der Waals surface area contributed by atoms with E-state index in [1.165, 1.54) is 6.39 Å². The lowest BCUT2D eigenvalue weighted by Crippen LogP contribution is -1.75. The molecule has 0 aliphatic carbocycles. The highest BCUT2D eigenvalue weighted by Crippen LogP contribution is 2.17. The highest BCUT2D eigenvalue weighted by Gasteiger charge is 2.02. The first-order valence-corrected chi connectivity index (χ1v) is 2.45. The number of hydrogen-bond acceptors (Lipinski definition) is 4. The third-order valence-electron chi connectivity index (χ3n) is 1.05. The van der Waals surface area contributed by atoms with Crippen LogP contribution in [0.15, 0.2) is 21.3 Å². The Morgan fingerprint density at radius 2 is 2.44 bits per heavy atom. The number of fused-ring (bicyclic) bond motifs is 1. The van der Waals surface area contributed by atoms with Crippen molar-refractivity contribution in [3.63, 3.8) is 0 Å². The van der Waals surface area contributed by atoms with Crippen LogP contribution in [-0.4, -0.2) is 4.98 Å². The van der Waals surface area contributed by atoms with E-state index in [4.69, 9.17) is 14.6 Å². The van der Waals surface area contributed by atoms with Gasteiger partial charge in [-0.15, -0.1) is 0 Å². The number of hydrogen-bond donors (Lipinski definition) is 1.